The summed E-state index contributed by atoms with van der Waals surface area (Å²) in [5, 5.41) is 4.79. The molecule has 0 fully saturated rings. The number of nitrogens with zero attached hydrogens (tertiary/aromatic N) is 3. The fourth-order valence-electron chi connectivity index (χ4n) is 0.281. The van der Waals surface area contributed by atoms with Gasteiger partial charge >= 0.3 is 0 Å². The molecule has 0 radical (unpaired) electrons. The van der Waals surface area contributed by atoms with Crippen LogP contribution in [0.2, 0.25) is 0 Å². The van der Waals surface area contributed by atoms with Crippen molar-refractivity contribution in [3.05, 3.63) is 0 Å². The average molecular weight is 114 g/mol. The zero-order chi connectivity index (χ0) is 6.41. The van der Waals surface area contributed by atoms with Gasteiger partial charge < -0.3 is 0 Å². The maximum atomic E-state index is 5.18. The van der Waals surface area contributed by atoms with Gasteiger partial charge in [-0.05, 0) is 6.92 Å². The van der Waals surface area contributed by atoms with E-state index in [4.69, 9.17) is 5.84 Å². The van der Waals surface area contributed by atoms with Crippen molar-refractivity contribution in [3.8, 4) is 0 Å². The van der Waals surface area contributed by atoms with Gasteiger partial charge in [0.2, 0.25) is 0 Å². The molecule has 2 N–H and O–H groups in total. The van der Waals surface area contributed by atoms with Crippen LogP contribution >= 0.6 is 0 Å². The lowest BCUT2D eigenvalue weighted by molar-refractivity contribution is 0.487. The fourth-order valence-corrected chi connectivity index (χ4v) is 0.281. The van der Waals surface area contributed by atoms with Gasteiger partial charge in [0.1, 0.15) is 6.34 Å². The number of hydrazine groups is 1. The Morgan fingerprint density at radius 2 is 2.25 bits per heavy atom. The maximum absolute atomic E-state index is 5.18. The highest BCUT2D eigenvalue weighted by Gasteiger charge is 1.76. The largest absolute Gasteiger partial charge is 0.276 e. The second kappa shape index (κ2) is 4.26. The molecule has 0 aliphatic carbocycles. The minimum atomic E-state index is 1.14. The Labute approximate surface area is 48.7 Å². The Kier molecular flexibility index (Phi) is 3.78. The van der Waals surface area contributed by atoms with Crippen LogP contribution in [0.5, 0.6) is 0 Å². The molecule has 0 atom stereocenters. The first-order valence-electron chi connectivity index (χ1n) is 2.26. The third-order valence-electron chi connectivity index (χ3n) is 0.483. The molecule has 0 rings (SSSR count). The smallest absolute Gasteiger partial charge is 0.124 e. The van der Waals surface area contributed by atoms with Crippen LogP contribution in [0.25, 0.3) is 0 Å². The Bertz CT molecular complexity index is 84.2. The van der Waals surface area contributed by atoms with Crippen LogP contribution < -0.4 is 5.84 Å². The van der Waals surface area contributed by atoms with Gasteiger partial charge in [-0.1, -0.05) is 0 Å². The van der Waals surface area contributed by atoms with Crippen molar-refractivity contribution in [2.75, 3.05) is 7.05 Å². The Balaban J connectivity index is 3.47. The predicted molar refractivity (Wildman–Crippen MR) is 34.6 cm³/mol. The first-order valence-corrected chi connectivity index (χ1v) is 2.26. The zero-order valence-electron chi connectivity index (χ0n) is 5.07. The molecule has 0 aromatic carbocycles. The van der Waals surface area contributed by atoms with Crippen molar-refractivity contribution < 1.29 is 0 Å². The second-order valence-corrected chi connectivity index (χ2v) is 1.13. The molecule has 0 aromatic rings. The minimum Gasteiger partial charge on any atom is -0.276 e. The summed E-state index contributed by atoms with van der Waals surface area (Å²) in [6, 6.07) is 0. The summed E-state index contributed by atoms with van der Waals surface area (Å²) < 4.78 is 0. The molecule has 0 amide bonds. The molecule has 4 heteroatoms. The molecule has 0 saturated carbocycles. The number of rotatable bonds is 2. The molecule has 46 valence electrons. The van der Waals surface area contributed by atoms with Crippen LogP contribution in [-0.4, -0.2) is 24.7 Å². The van der Waals surface area contributed by atoms with Crippen LogP contribution in [0, 0.1) is 0 Å². The van der Waals surface area contributed by atoms with Gasteiger partial charge in [-0.3, -0.25) is 4.99 Å². The molecule has 8 heavy (non-hydrogen) atoms. The van der Waals surface area contributed by atoms with Crippen LogP contribution in [0.1, 0.15) is 6.92 Å². The number of nitrogens with two attached hydrogens (primary N) is 1. The number of aliphatic imine (C=N–C) groups is 1. The zero-order valence-corrected chi connectivity index (χ0v) is 5.07. The monoisotopic (exact) mass is 114 g/mol. The molecular formula is C4H10N4. The summed E-state index contributed by atoms with van der Waals surface area (Å²) in [7, 11) is 1.63. The van der Waals surface area contributed by atoms with Gasteiger partial charge in [0.05, 0.1) is 0 Å². The summed E-state index contributed by atoms with van der Waals surface area (Å²) >= 11 is 0. The first kappa shape index (κ1) is 7.10. The van der Waals surface area contributed by atoms with E-state index in [1.165, 1.54) is 6.34 Å². The van der Waals surface area contributed by atoms with E-state index in [0.717, 1.165) is 5.12 Å². The van der Waals surface area contributed by atoms with Crippen LogP contribution in [0.3, 0.4) is 0 Å². The molecule has 0 spiro atoms. The van der Waals surface area contributed by atoms with Gasteiger partial charge in [0, 0.05) is 13.3 Å². The minimum absolute atomic E-state index is 1.14. The summed E-state index contributed by atoms with van der Waals surface area (Å²) in [6.07, 6.45) is 3.00. The number of hydrazone groups is 1. The summed E-state index contributed by atoms with van der Waals surface area (Å²) in [4.78, 5) is 3.62. The number of hydrogen-bond acceptors (Lipinski definition) is 3. The molecule has 0 unspecified atom stereocenters. The lowest BCUT2D eigenvalue weighted by Crippen LogP contribution is -2.22. The van der Waals surface area contributed by atoms with E-state index in [9.17, 15) is 0 Å². The normalized spacial score (nSPS) is 11.4. The Hall–Kier alpha value is -0.900. The molecule has 0 heterocycles. The van der Waals surface area contributed by atoms with Crippen LogP contribution in [-0.2, 0) is 0 Å². The highest BCUT2D eigenvalue weighted by Crippen LogP contribution is 1.67. The second-order valence-electron chi connectivity index (χ2n) is 1.13. The van der Waals surface area contributed by atoms with Gasteiger partial charge in [-0.2, -0.15) is 10.2 Å². The molecule has 0 aromatic heterocycles. The average Bonchev–Trinajstić information content (AvgIpc) is 1.68. The first-order chi connectivity index (χ1) is 3.81. The molecule has 0 bridgehead atoms. The Morgan fingerprint density at radius 3 is 2.62 bits per heavy atom. The molecule has 4 nitrogen and oxygen atoms in total. The highest BCUT2D eigenvalue weighted by atomic mass is 15.6. The molecule has 0 aliphatic rings. The third-order valence-corrected chi connectivity index (χ3v) is 0.483. The van der Waals surface area contributed by atoms with Crippen LogP contribution in [0.4, 0.5) is 0 Å². The van der Waals surface area contributed by atoms with Gasteiger partial charge in [-0.15, -0.1) is 0 Å². The maximum Gasteiger partial charge on any atom is 0.124 e. The predicted octanol–water partition coefficient (Wildman–Crippen LogP) is -0.174. The topological polar surface area (TPSA) is 54.0 Å². The highest BCUT2D eigenvalue weighted by molar-refractivity contribution is 5.58. The van der Waals surface area contributed by atoms with Gasteiger partial charge in [-0.25, -0.2) is 5.84 Å². The van der Waals surface area contributed by atoms with E-state index in [-0.39, 0.29) is 0 Å². The van der Waals surface area contributed by atoms with Crippen LogP contribution in [0.15, 0.2) is 10.1 Å². The van der Waals surface area contributed by atoms with E-state index in [1.54, 1.807) is 20.2 Å². The lowest BCUT2D eigenvalue weighted by Gasteiger charge is -2.00. The van der Waals surface area contributed by atoms with E-state index in [0.29, 0.717) is 0 Å². The van der Waals surface area contributed by atoms with Gasteiger partial charge in [0.15, 0.2) is 0 Å². The molecule has 0 aliphatic heterocycles. The standard InChI is InChI=1S/C4H10N4/c1-3-7-8(5)4-6-2/h3-4H,5H2,1-2H3/b6-4-,7-3-. The SMILES string of the molecule is C/C=N\N(N)/C=N\C. The van der Waals surface area contributed by atoms with Crippen molar-refractivity contribution in [1.82, 2.24) is 5.12 Å². The quantitative estimate of drug-likeness (QED) is 0.234. The molecular weight excluding hydrogens is 104 g/mol. The molecule has 0 saturated heterocycles. The van der Waals surface area contributed by atoms with Crippen molar-refractivity contribution in [1.29, 1.82) is 0 Å². The van der Waals surface area contributed by atoms with Crippen molar-refractivity contribution in [2.45, 2.75) is 6.92 Å². The van der Waals surface area contributed by atoms with Crippen molar-refractivity contribution >= 4 is 12.6 Å². The summed E-state index contributed by atoms with van der Waals surface area (Å²) in [5.74, 6) is 5.18. The van der Waals surface area contributed by atoms with Crippen molar-refractivity contribution in [3.63, 3.8) is 0 Å². The van der Waals surface area contributed by atoms with E-state index in [1.807, 2.05) is 0 Å². The van der Waals surface area contributed by atoms with E-state index < -0.39 is 0 Å². The summed E-state index contributed by atoms with van der Waals surface area (Å²) in [6.45, 7) is 1.78. The van der Waals surface area contributed by atoms with E-state index >= 15 is 0 Å². The fraction of sp³-hybridized carbons (Fsp3) is 0.500. The Morgan fingerprint density at radius 1 is 1.62 bits per heavy atom. The number of hydrogen-bond donors (Lipinski definition) is 1. The van der Waals surface area contributed by atoms with Crippen molar-refractivity contribution in [2.24, 2.45) is 15.9 Å². The van der Waals surface area contributed by atoms with Gasteiger partial charge in [0.25, 0.3) is 0 Å². The lowest BCUT2D eigenvalue weighted by atomic mass is 10.9. The summed E-state index contributed by atoms with van der Waals surface area (Å²) in [5.41, 5.74) is 0. The third kappa shape index (κ3) is 3.30. The van der Waals surface area contributed by atoms with E-state index in [2.05, 4.69) is 10.1 Å².